The van der Waals surface area contributed by atoms with Crippen LogP contribution in [0.4, 0.5) is 0 Å². The summed E-state index contributed by atoms with van der Waals surface area (Å²) in [7, 11) is -4.24. The van der Waals surface area contributed by atoms with Gasteiger partial charge in [-0.15, -0.1) is 0 Å². The zero-order valence-corrected chi connectivity index (χ0v) is 29.4. The molecule has 0 saturated carbocycles. The van der Waals surface area contributed by atoms with Crippen molar-refractivity contribution >= 4 is 47.7 Å². The fourth-order valence-electron chi connectivity index (χ4n) is 10.1. The molecule has 0 saturated heterocycles. The molecule has 0 bridgehead atoms. The molecule has 0 atom stereocenters. The lowest BCUT2D eigenvalue weighted by Crippen LogP contribution is -2.65. The van der Waals surface area contributed by atoms with Gasteiger partial charge in [-0.25, -0.2) is 0 Å². The summed E-state index contributed by atoms with van der Waals surface area (Å²) in [5.74, 6) is 1.05. The summed E-state index contributed by atoms with van der Waals surface area (Å²) in [6.07, 6.45) is 0. The average molecular weight is 625 g/mol. The van der Waals surface area contributed by atoms with E-state index in [0.29, 0.717) is 11.8 Å². The highest BCUT2D eigenvalue weighted by Crippen LogP contribution is 2.45. The first kappa shape index (κ1) is 27.2. The first-order valence-electron chi connectivity index (χ1n) is 17.4. The second-order valence-corrected chi connectivity index (χ2v) is 23.3. The van der Waals surface area contributed by atoms with Crippen molar-refractivity contribution in [2.75, 3.05) is 0 Å². The third-order valence-electron chi connectivity index (χ3n) is 12.4. The molecule has 0 aliphatic carbocycles. The molecule has 4 heterocycles. The van der Waals surface area contributed by atoms with Crippen molar-refractivity contribution in [2.24, 2.45) is 0 Å². The Bertz CT molecular complexity index is 2080. The van der Waals surface area contributed by atoms with Gasteiger partial charge in [-0.2, -0.15) is 0 Å². The third-order valence-corrected chi connectivity index (χ3v) is 22.2. The average Bonchev–Trinajstić information content (AvgIpc) is 3.66. The van der Waals surface area contributed by atoms with Crippen molar-refractivity contribution in [3.05, 3.63) is 143 Å². The normalized spacial score (nSPS) is 17.1. The lowest BCUT2D eigenvalue weighted by atomic mass is 9.89. The zero-order valence-electron chi connectivity index (χ0n) is 27.4. The summed E-state index contributed by atoms with van der Waals surface area (Å²) in [6, 6.07) is 49.2. The molecule has 10 rings (SSSR count). The molecular weight excluding hydrogens is 585 g/mol. The molecule has 6 aromatic rings. The van der Waals surface area contributed by atoms with Crippen LogP contribution in [-0.4, -0.2) is 16.1 Å². The van der Waals surface area contributed by atoms with E-state index >= 15 is 0 Å². The molecular formula is C44H40Si2. The van der Waals surface area contributed by atoms with Crippen LogP contribution < -0.4 is 20.7 Å². The molecule has 0 fully saturated rings. The van der Waals surface area contributed by atoms with Gasteiger partial charge >= 0.3 is 0 Å². The molecule has 46 heavy (non-hydrogen) atoms. The van der Waals surface area contributed by atoms with Crippen molar-refractivity contribution in [3.8, 4) is 22.3 Å². The van der Waals surface area contributed by atoms with E-state index in [9.17, 15) is 0 Å². The highest BCUT2D eigenvalue weighted by atomic mass is 28.3. The van der Waals surface area contributed by atoms with Gasteiger partial charge in [-0.3, -0.25) is 0 Å². The molecule has 2 heteroatoms. The van der Waals surface area contributed by atoms with Crippen molar-refractivity contribution in [3.63, 3.8) is 0 Å². The first-order chi connectivity index (χ1) is 22.4. The van der Waals surface area contributed by atoms with Gasteiger partial charge in [0.15, 0.2) is 0 Å². The summed E-state index contributed by atoms with van der Waals surface area (Å²) in [5.41, 5.74) is 15.3. The van der Waals surface area contributed by atoms with Crippen LogP contribution in [0.25, 0.3) is 33.0 Å². The highest BCUT2D eigenvalue weighted by molar-refractivity contribution is 7.07. The molecule has 0 amide bonds. The lowest BCUT2D eigenvalue weighted by molar-refractivity contribution is 0.868. The summed E-state index contributed by atoms with van der Waals surface area (Å²) in [6.45, 7) is 9.42. The molecule has 4 aliphatic rings. The van der Waals surface area contributed by atoms with E-state index in [1.807, 2.05) is 0 Å². The van der Waals surface area contributed by atoms with Crippen LogP contribution in [0.15, 0.2) is 109 Å². The Labute approximate surface area is 275 Å². The van der Waals surface area contributed by atoms with Gasteiger partial charge in [0.2, 0.25) is 0 Å². The molecule has 224 valence electrons. The molecule has 0 N–H and O–H groups in total. The summed E-state index contributed by atoms with van der Waals surface area (Å²) in [5, 5.41) is 10.00. The van der Waals surface area contributed by atoms with Crippen molar-refractivity contribution in [1.29, 1.82) is 0 Å². The SMILES string of the molecule is CC(C)c1ccc2c(c1)[Si]1(Cc3ccccc3C1)c1ccc3c4c(ccc-2c14)-c1ccc(C(C)C)cc1[Si]31Cc2ccccc2C1. The van der Waals surface area contributed by atoms with Crippen LogP contribution in [0.2, 0.25) is 0 Å². The maximum Gasteiger partial charge on any atom is 0.128 e. The molecule has 0 radical (unpaired) electrons. The standard InChI is InChI=1S/C44H40Si2/c1-27(2)29-13-15-35-37-17-18-38-36-16-14-30(28(3)4)22-42(36)46(25-33-11-7-8-12-34(33)26-46)40-20-19-39(43(37)44(38)40)45(41(35)21-29)23-31-9-5-6-10-32(31)24-45/h5-22,27-28H,23-26H2,1-4H3. The topological polar surface area (TPSA) is 0 Å². The van der Waals surface area contributed by atoms with Crippen LogP contribution in [0.3, 0.4) is 0 Å². The van der Waals surface area contributed by atoms with Gasteiger partial charge in [-0.1, -0.05) is 137 Å². The monoisotopic (exact) mass is 624 g/mol. The van der Waals surface area contributed by atoms with E-state index < -0.39 is 16.1 Å². The minimum absolute atomic E-state index is 0.527. The van der Waals surface area contributed by atoms with E-state index in [-0.39, 0.29) is 0 Å². The summed E-state index contributed by atoms with van der Waals surface area (Å²) in [4.78, 5) is 0. The van der Waals surface area contributed by atoms with E-state index in [1.54, 1.807) is 53.8 Å². The molecule has 6 aromatic carbocycles. The zero-order chi connectivity index (χ0) is 30.9. The fourth-order valence-corrected chi connectivity index (χ4v) is 21.1. The van der Waals surface area contributed by atoms with Crippen LogP contribution >= 0.6 is 0 Å². The van der Waals surface area contributed by atoms with E-state index in [1.165, 1.54) is 57.6 Å². The third kappa shape index (κ3) is 3.39. The second-order valence-electron chi connectivity index (χ2n) is 15.4. The summed E-state index contributed by atoms with van der Waals surface area (Å²) < 4.78 is 0. The number of fused-ring (bicyclic) bond motifs is 10. The Morgan fingerprint density at radius 3 is 1.09 bits per heavy atom. The van der Waals surface area contributed by atoms with Gasteiger partial charge < -0.3 is 0 Å². The number of rotatable bonds is 2. The lowest BCUT2D eigenvalue weighted by Gasteiger charge is -2.42. The van der Waals surface area contributed by atoms with Gasteiger partial charge in [0.25, 0.3) is 0 Å². The number of hydrogen-bond acceptors (Lipinski definition) is 0. The van der Waals surface area contributed by atoms with Gasteiger partial charge in [0, 0.05) is 0 Å². The van der Waals surface area contributed by atoms with Crippen LogP contribution in [-0.2, 0) is 24.2 Å². The van der Waals surface area contributed by atoms with E-state index in [0.717, 1.165) is 0 Å². The van der Waals surface area contributed by atoms with Crippen LogP contribution in [0, 0.1) is 0 Å². The van der Waals surface area contributed by atoms with E-state index in [4.69, 9.17) is 0 Å². The molecule has 0 aromatic heterocycles. The van der Waals surface area contributed by atoms with Gasteiger partial charge in [-0.05, 0) is 123 Å². The predicted octanol–water partition coefficient (Wildman–Crippen LogP) is 7.93. The molecule has 0 nitrogen and oxygen atoms in total. The first-order valence-corrected chi connectivity index (χ1v) is 22.2. The maximum absolute atomic E-state index is 2.68. The van der Waals surface area contributed by atoms with Crippen molar-refractivity contribution in [2.45, 2.75) is 63.7 Å². The molecule has 4 aliphatic heterocycles. The quantitative estimate of drug-likeness (QED) is 0.172. The van der Waals surface area contributed by atoms with Gasteiger partial charge in [0.05, 0.1) is 0 Å². The Kier molecular flexibility index (Phi) is 5.49. The summed E-state index contributed by atoms with van der Waals surface area (Å²) >= 11 is 0. The molecule has 2 spiro atoms. The predicted molar refractivity (Wildman–Crippen MR) is 201 cm³/mol. The Morgan fingerprint density at radius 2 is 0.739 bits per heavy atom. The number of benzene rings is 6. The van der Waals surface area contributed by atoms with E-state index in [2.05, 4.69) is 137 Å². The minimum Gasteiger partial charge on any atom is -0.0620 e. The minimum atomic E-state index is -2.12. The smallest absolute Gasteiger partial charge is 0.0620 e. The van der Waals surface area contributed by atoms with Gasteiger partial charge in [0.1, 0.15) is 16.1 Å². The Balaban J connectivity index is 1.33. The molecule has 0 unspecified atom stereocenters. The van der Waals surface area contributed by atoms with Crippen molar-refractivity contribution in [1.82, 2.24) is 0 Å². The fraction of sp³-hybridized carbons (Fsp3) is 0.227. The van der Waals surface area contributed by atoms with Crippen molar-refractivity contribution < 1.29 is 0 Å². The van der Waals surface area contributed by atoms with Crippen LogP contribution in [0.5, 0.6) is 0 Å². The maximum atomic E-state index is 2.68. The Hall–Kier alpha value is -3.99. The second kappa shape index (κ2) is 9.30. The number of hydrogen-bond donors (Lipinski definition) is 0. The highest BCUT2D eigenvalue weighted by Gasteiger charge is 2.52. The largest absolute Gasteiger partial charge is 0.128 e. The van der Waals surface area contributed by atoms with Crippen LogP contribution in [0.1, 0.15) is 72.9 Å². The Morgan fingerprint density at radius 1 is 0.391 bits per heavy atom.